The van der Waals surface area contributed by atoms with Gasteiger partial charge in [-0.2, -0.15) is 0 Å². The minimum Gasteiger partial charge on any atom is -0.385 e. The molecule has 20 heavy (non-hydrogen) atoms. The number of benzene rings is 1. The lowest BCUT2D eigenvalue weighted by Crippen LogP contribution is -2.54. The van der Waals surface area contributed by atoms with E-state index in [0.717, 1.165) is 29.3 Å². The van der Waals surface area contributed by atoms with Gasteiger partial charge in [0.15, 0.2) is 0 Å². The maximum atomic E-state index is 11.3. The molecule has 2 aliphatic heterocycles. The highest BCUT2D eigenvalue weighted by molar-refractivity contribution is 5.82. The number of hydrogen-bond acceptors (Lipinski definition) is 3. The normalized spacial score (nSPS) is 33.2. The second-order valence-corrected chi connectivity index (χ2v) is 6.31. The number of nitrogens with zero attached hydrogens (tertiary/aromatic N) is 1. The Hall–Kier alpha value is -1.45. The molecule has 2 bridgehead atoms. The molecular formula is C17H20N2O. The molecule has 2 N–H and O–H groups in total. The maximum Gasteiger partial charge on any atom is 0.0933 e. The topological polar surface area (TPSA) is 45.2 Å². The van der Waals surface area contributed by atoms with Crippen molar-refractivity contribution in [3.8, 4) is 0 Å². The van der Waals surface area contributed by atoms with Crippen LogP contribution in [0.1, 0.15) is 37.7 Å². The maximum absolute atomic E-state index is 11.3. The zero-order valence-electron chi connectivity index (χ0n) is 11.5. The fourth-order valence-corrected chi connectivity index (χ4v) is 4.05. The van der Waals surface area contributed by atoms with Crippen molar-refractivity contribution in [2.75, 3.05) is 0 Å². The van der Waals surface area contributed by atoms with Gasteiger partial charge >= 0.3 is 0 Å². The van der Waals surface area contributed by atoms with Crippen molar-refractivity contribution in [2.45, 2.75) is 49.8 Å². The molecule has 3 heterocycles. The zero-order chi connectivity index (χ0) is 13.6. The fraction of sp³-hybridized carbons (Fsp3) is 0.471. The van der Waals surface area contributed by atoms with Crippen molar-refractivity contribution in [3.63, 3.8) is 0 Å². The van der Waals surface area contributed by atoms with Crippen molar-refractivity contribution in [2.24, 2.45) is 0 Å². The molecule has 0 spiro atoms. The van der Waals surface area contributed by atoms with Gasteiger partial charge in [-0.05, 0) is 43.4 Å². The summed E-state index contributed by atoms with van der Waals surface area (Å²) in [4.78, 5) is 4.41. The summed E-state index contributed by atoms with van der Waals surface area (Å²) in [5.74, 6) is 0. The van der Waals surface area contributed by atoms with Crippen LogP contribution in [0.15, 0.2) is 36.5 Å². The van der Waals surface area contributed by atoms with Crippen LogP contribution in [-0.2, 0) is 5.60 Å². The van der Waals surface area contributed by atoms with Gasteiger partial charge in [-0.15, -0.1) is 0 Å². The average molecular weight is 268 g/mol. The van der Waals surface area contributed by atoms with E-state index in [1.807, 2.05) is 30.5 Å². The molecule has 3 nitrogen and oxygen atoms in total. The van der Waals surface area contributed by atoms with Crippen LogP contribution >= 0.6 is 0 Å². The van der Waals surface area contributed by atoms with E-state index in [4.69, 9.17) is 0 Å². The number of nitrogens with one attached hydrogen (secondary N) is 1. The second-order valence-electron chi connectivity index (χ2n) is 6.31. The molecule has 1 aromatic carbocycles. The molecule has 2 atom stereocenters. The Kier molecular flexibility index (Phi) is 2.79. The van der Waals surface area contributed by atoms with Crippen molar-refractivity contribution in [1.82, 2.24) is 10.3 Å². The number of hydrogen-bond donors (Lipinski definition) is 2. The lowest BCUT2D eigenvalue weighted by molar-refractivity contribution is -0.0347. The van der Waals surface area contributed by atoms with Gasteiger partial charge in [-0.3, -0.25) is 4.98 Å². The van der Waals surface area contributed by atoms with Crippen LogP contribution in [0.4, 0.5) is 0 Å². The van der Waals surface area contributed by atoms with Crippen LogP contribution in [0.2, 0.25) is 0 Å². The third kappa shape index (κ3) is 1.93. The highest BCUT2D eigenvalue weighted by Crippen LogP contribution is 2.41. The smallest absolute Gasteiger partial charge is 0.0933 e. The van der Waals surface area contributed by atoms with Gasteiger partial charge in [-0.25, -0.2) is 0 Å². The number of para-hydroxylation sites is 1. The van der Waals surface area contributed by atoms with Crippen molar-refractivity contribution in [1.29, 1.82) is 0 Å². The third-order valence-electron chi connectivity index (χ3n) is 4.90. The summed E-state index contributed by atoms with van der Waals surface area (Å²) in [7, 11) is 0. The first-order valence-corrected chi connectivity index (χ1v) is 7.57. The minimum absolute atomic E-state index is 0.458. The van der Waals surface area contributed by atoms with Gasteiger partial charge in [0.05, 0.1) is 11.1 Å². The Labute approximate surface area is 119 Å². The molecule has 2 aliphatic rings. The lowest BCUT2D eigenvalue weighted by Gasteiger charge is -2.45. The van der Waals surface area contributed by atoms with Gasteiger partial charge in [0.1, 0.15) is 0 Å². The first-order chi connectivity index (χ1) is 9.74. The van der Waals surface area contributed by atoms with Gasteiger partial charge in [0.2, 0.25) is 0 Å². The number of piperidine rings is 2. The standard InChI is InChI=1S/C17H20N2O/c20-17(10-12-4-3-5-13(11-17)19-12)15-8-9-18-16-7-2-1-6-14(15)16/h1-2,6-9,12-13,19-20H,3-5,10-11H2. The number of aliphatic hydroxyl groups is 1. The van der Waals surface area contributed by atoms with E-state index in [1.54, 1.807) is 0 Å². The van der Waals surface area contributed by atoms with Crippen LogP contribution in [0.3, 0.4) is 0 Å². The molecule has 0 aliphatic carbocycles. The highest BCUT2D eigenvalue weighted by Gasteiger charge is 2.42. The van der Waals surface area contributed by atoms with Crippen molar-refractivity contribution in [3.05, 3.63) is 42.1 Å². The molecule has 2 aromatic rings. The van der Waals surface area contributed by atoms with Gasteiger partial charge < -0.3 is 10.4 Å². The largest absolute Gasteiger partial charge is 0.385 e. The van der Waals surface area contributed by atoms with Crippen LogP contribution in [-0.4, -0.2) is 22.2 Å². The molecule has 1 aromatic heterocycles. The Morgan fingerprint density at radius 2 is 1.85 bits per heavy atom. The van der Waals surface area contributed by atoms with Crippen LogP contribution < -0.4 is 5.32 Å². The molecule has 4 rings (SSSR count). The highest BCUT2D eigenvalue weighted by atomic mass is 16.3. The number of fused-ring (bicyclic) bond motifs is 3. The van der Waals surface area contributed by atoms with Gasteiger partial charge in [-0.1, -0.05) is 24.6 Å². The number of rotatable bonds is 1. The molecule has 0 radical (unpaired) electrons. The molecule has 0 saturated carbocycles. The summed E-state index contributed by atoms with van der Waals surface area (Å²) in [5, 5.41) is 16.0. The molecular weight excluding hydrogens is 248 g/mol. The predicted octanol–water partition coefficient (Wildman–Crippen LogP) is 2.73. The monoisotopic (exact) mass is 268 g/mol. The molecule has 2 fully saturated rings. The van der Waals surface area contributed by atoms with Crippen LogP contribution in [0.25, 0.3) is 10.9 Å². The average Bonchev–Trinajstić information content (AvgIpc) is 2.46. The van der Waals surface area contributed by atoms with Gasteiger partial charge in [0.25, 0.3) is 0 Å². The first-order valence-electron chi connectivity index (χ1n) is 7.57. The molecule has 0 amide bonds. The Bertz CT molecular complexity index is 622. The van der Waals surface area contributed by atoms with Gasteiger partial charge in [0, 0.05) is 23.7 Å². The first kappa shape index (κ1) is 12.3. The summed E-state index contributed by atoms with van der Waals surface area (Å²) in [6.07, 6.45) is 7.11. The SMILES string of the molecule is OC1(c2ccnc3ccccc23)CC2CCCC(C1)N2. The minimum atomic E-state index is -0.705. The third-order valence-corrected chi connectivity index (χ3v) is 4.90. The van der Waals surface area contributed by atoms with E-state index in [9.17, 15) is 5.11 Å². The molecule has 3 heteroatoms. The van der Waals surface area contributed by atoms with E-state index in [1.165, 1.54) is 19.3 Å². The Morgan fingerprint density at radius 1 is 1.10 bits per heavy atom. The van der Waals surface area contributed by atoms with Crippen LogP contribution in [0, 0.1) is 0 Å². The van der Waals surface area contributed by atoms with E-state index < -0.39 is 5.60 Å². The zero-order valence-corrected chi connectivity index (χ0v) is 11.5. The summed E-state index contributed by atoms with van der Waals surface area (Å²) in [6.45, 7) is 0. The summed E-state index contributed by atoms with van der Waals surface area (Å²) >= 11 is 0. The van der Waals surface area contributed by atoms with E-state index in [-0.39, 0.29) is 0 Å². The summed E-state index contributed by atoms with van der Waals surface area (Å²) < 4.78 is 0. The summed E-state index contributed by atoms with van der Waals surface area (Å²) in [6, 6.07) is 11.0. The number of pyridine rings is 1. The van der Waals surface area contributed by atoms with Crippen molar-refractivity contribution >= 4 is 10.9 Å². The molecule has 104 valence electrons. The van der Waals surface area contributed by atoms with Crippen LogP contribution in [0.5, 0.6) is 0 Å². The van der Waals surface area contributed by atoms with E-state index in [2.05, 4.69) is 16.4 Å². The van der Waals surface area contributed by atoms with E-state index in [0.29, 0.717) is 12.1 Å². The Morgan fingerprint density at radius 3 is 2.65 bits per heavy atom. The van der Waals surface area contributed by atoms with Crippen molar-refractivity contribution < 1.29 is 5.11 Å². The quantitative estimate of drug-likeness (QED) is 0.836. The molecule has 2 unspecified atom stereocenters. The van der Waals surface area contributed by atoms with E-state index >= 15 is 0 Å². The lowest BCUT2D eigenvalue weighted by atomic mass is 9.73. The Balaban J connectivity index is 1.81. The predicted molar refractivity (Wildman–Crippen MR) is 79.4 cm³/mol. The summed E-state index contributed by atoms with van der Waals surface area (Å²) in [5.41, 5.74) is 1.33. The molecule has 2 saturated heterocycles. The second kappa shape index (κ2) is 4.54. The fourth-order valence-electron chi connectivity index (χ4n) is 4.05. The number of aromatic nitrogens is 1.